The van der Waals surface area contributed by atoms with Crippen molar-refractivity contribution in [3.8, 4) is 12.3 Å². The molecule has 1 unspecified atom stereocenters. The van der Waals surface area contributed by atoms with Gasteiger partial charge in [0.25, 0.3) is 0 Å². The smallest absolute Gasteiger partial charge is 0.152 e. The minimum absolute atomic E-state index is 0.147. The third-order valence-corrected chi connectivity index (χ3v) is 8.07. The highest BCUT2D eigenvalue weighted by molar-refractivity contribution is 5.41. The largest absolute Gasteiger partial charge is 0.373 e. The van der Waals surface area contributed by atoms with E-state index in [1.807, 2.05) is 0 Å². The summed E-state index contributed by atoms with van der Waals surface area (Å²) in [5.41, 5.74) is 2.78. The summed E-state index contributed by atoms with van der Waals surface area (Å²) in [7, 11) is 0. The van der Waals surface area contributed by atoms with Gasteiger partial charge in [0.2, 0.25) is 0 Å². The summed E-state index contributed by atoms with van der Waals surface area (Å²) in [6.45, 7) is 8.68. The Bertz CT molecular complexity index is 675. The molecule has 6 atom stereocenters. The Labute approximate surface area is 146 Å². The topological polar surface area (TPSA) is 20.2 Å². The van der Waals surface area contributed by atoms with E-state index in [4.69, 9.17) is 6.42 Å². The van der Waals surface area contributed by atoms with Crippen LogP contribution in [0.1, 0.15) is 58.8 Å². The predicted octanol–water partition coefficient (Wildman–Crippen LogP) is 5.04. The summed E-state index contributed by atoms with van der Waals surface area (Å²) in [5, 5.41) is 11.3. The third-order valence-electron chi connectivity index (χ3n) is 8.07. The van der Waals surface area contributed by atoms with Crippen molar-refractivity contribution < 1.29 is 5.11 Å². The molecule has 0 radical (unpaired) electrons. The van der Waals surface area contributed by atoms with Crippen molar-refractivity contribution in [1.82, 2.24) is 0 Å². The summed E-state index contributed by atoms with van der Waals surface area (Å²) in [4.78, 5) is 0. The highest BCUT2D eigenvalue weighted by Gasteiger charge is 2.64. The molecule has 4 rings (SSSR count). The standard InChI is InChI=1S/C23H30O/c1-5-22-12-11-19-18-9-7-15(3)13-17(18)8-10-20(19)21(22)14-16(4)23(22,24)6-2/h2,8,13,18-21,24H,4-5,7,9-12,14H2,1,3H3/t18?,19-,20-,21+,22+,23+/m1/s1. The van der Waals surface area contributed by atoms with E-state index in [1.165, 1.54) is 24.8 Å². The Morgan fingerprint density at radius 1 is 1.38 bits per heavy atom. The van der Waals surface area contributed by atoms with E-state index in [0.717, 1.165) is 43.1 Å². The fourth-order valence-electron chi connectivity index (χ4n) is 6.83. The summed E-state index contributed by atoms with van der Waals surface area (Å²) < 4.78 is 0. The van der Waals surface area contributed by atoms with Crippen molar-refractivity contribution in [2.75, 3.05) is 0 Å². The number of fused-ring (bicyclic) bond motifs is 5. The fourth-order valence-corrected chi connectivity index (χ4v) is 6.83. The van der Waals surface area contributed by atoms with Crippen LogP contribution in [0.4, 0.5) is 0 Å². The van der Waals surface area contributed by atoms with Gasteiger partial charge in [-0.15, -0.1) is 6.42 Å². The number of rotatable bonds is 1. The van der Waals surface area contributed by atoms with Crippen molar-refractivity contribution >= 4 is 0 Å². The van der Waals surface area contributed by atoms with Gasteiger partial charge in [0.1, 0.15) is 0 Å². The van der Waals surface area contributed by atoms with Crippen LogP contribution in [0, 0.1) is 41.4 Å². The van der Waals surface area contributed by atoms with Gasteiger partial charge >= 0.3 is 0 Å². The molecule has 4 aliphatic rings. The molecule has 2 saturated carbocycles. The lowest BCUT2D eigenvalue weighted by molar-refractivity contribution is -0.0858. The minimum Gasteiger partial charge on any atom is -0.373 e. The molecule has 24 heavy (non-hydrogen) atoms. The van der Waals surface area contributed by atoms with Crippen LogP contribution < -0.4 is 0 Å². The molecule has 2 fully saturated rings. The molecule has 0 amide bonds. The first-order valence-electron chi connectivity index (χ1n) is 9.72. The molecule has 4 aliphatic carbocycles. The second kappa shape index (κ2) is 5.37. The maximum Gasteiger partial charge on any atom is 0.152 e. The van der Waals surface area contributed by atoms with Crippen LogP contribution in [-0.2, 0) is 0 Å². The minimum atomic E-state index is -1.09. The highest BCUT2D eigenvalue weighted by Crippen LogP contribution is 2.66. The van der Waals surface area contributed by atoms with Gasteiger partial charge in [-0.05, 0) is 86.7 Å². The van der Waals surface area contributed by atoms with Crippen molar-refractivity contribution in [2.24, 2.45) is 29.1 Å². The molecule has 0 spiro atoms. The molecule has 0 aliphatic heterocycles. The van der Waals surface area contributed by atoms with Gasteiger partial charge < -0.3 is 5.11 Å². The third kappa shape index (κ3) is 1.87. The van der Waals surface area contributed by atoms with E-state index in [2.05, 4.69) is 38.5 Å². The quantitative estimate of drug-likeness (QED) is 0.530. The Hall–Kier alpha value is -1.26. The van der Waals surface area contributed by atoms with E-state index in [1.54, 1.807) is 5.57 Å². The normalized spacial score (nSPS) is 47.0. The average molecular weight is 322 g/mol. The first-order valence-corrected chi connectivity index (χ1v) is 9.72. The van der Waals surface area contributed by atoms with Gasteiger partial charge in [-0.3, -0.25) is 0 Å². The second-order valence-corrected chi connectivity index (χ2v) is 8.72. The molecule has 1 heteroatoms. The number of allylic oxidation sites excluding steroid dienone is 4. The lowest BCUT2D eigenvalue weighted by Crippen LogP contribution is -2.53. The summed E-state index contributed by atoms with van der Waals surface area (Å²) in [5.74, 6) is 5.44. The summed E-state index contributed by atoms with van der Waals surface area (Å²) in [6.07, 6.45) is 18.6. The molecule has 0 bridgehead atoms. The molecule has 1 N–H and O–H groups in total. The zero-order valence-corrected chi connectivity index (χ0v) is 15.1. The average Bonchev–Trinajstić information content (AvgIpc) is 2.83. The molecule has 0 aromatic rings. The Kier molecular flexibility index (Phi) is 3.63. The number of terminal acetylenes is 1. The van der Waals surface area contributed by atoms with Crippen LogP contribution in [0.2, 0.25) is 0 Å². The van der Waals surface area contributed by atoms with Crippen LogP contribution in [-0.4, -0.2) is 10.7 Å². The molecule has 0 aromatic carbocycles. The van der Waals surface area contributed by atoms with Gasteiger partial charge in [0.05, 0.1) is 0 Å². The van der Waals surface area contributed by atoms with Crippen LogP contribution in [0.25, 0.3) is 0 Å². The van der Waals surface area contributed by atoms with Gasteiger partial charge in [0.15, 0.2) is 5.60 Å². The SMILES string of the molecule is C#C[C@]1(O)C(=C)C[C@H]2[C@@H]3CC=C4C=C(C)CCC4[C@H]3CC[C@@]21CC. The van der Waals surface area contributed by atoms with Gasteiger partial charge in [0, 0.05) is 5.41 Å². The Morgan fingerprint density at radius 3 is 2.88 bits per heavy atom. The summed E-state index contributed by atoms with van der Waals surface area (Å²) >= 11 is 0. The maximum absolute atomic E-state index is 11.3. The van der Waals surface area contributed by atoms with Gasteiger partial charge in [-0.2, -0.15) is 0 Å². The highest BCUT2D eigenvalue weighted by atomic mass is 16.3. The summed E-state index contributed by atoms with van der Waals surface area (Å²) in [6, 6.07) is 0. The molecule has 128 valence electrons. The first kappa shape index (κ1) is 16.2. The number of hydrogen-bond donors (Lipinski definition) is 1. The van der Waals surface area contributed by atoms with Crippen LogP contribution in [0.3, 0.4) is 0 Å². The van der Waals surface area contributed by atoms with Crippen molar-refractivity contribution in [1.29, 1.82) is 0 Å². The van der Waals surface area contributed by atoms with Crippen LogP contribution in [0.15, 0.2) is 35.5 Å². The molecule has 0 saturated heterocycles. The molecular formula is C23H30O. The zero-order chi connectivity index (χ0) is 17.1. The number of aliphatic hydroxyl groups is 1. The second-order valence-electron chi connectivity index (χ2n) is 8.72. The van der Waals surface area contributed by atoms with E-state index in [-0.39, 0.29) is 5.41 Å². The monoisotopic (exact) mass is 322 g/mol. The van der Waals surface area contributed by atoms with Crippen LogP contribution >= 0.6 is 0 Å². The van der Waals surface area contributed by atoms with E-state index in [0.29, 0.717) is 11.8 Å². The van der Waals surface area contributed by atoms with E-state index < -0.39 is 5.60 Å². The molecule has 0 aromatic heterocycles. The predicted molar refractivity (Wildman–Crippen MR) is 99.1 cm³/mol. The van der Waals surface area contributed by atoms with Gasteiger partial charge in [-0.1, -0.05) is 37.1 Å². The maximum atomic E-state index is 11.3. The fraction of sp³-hybridized carbons (Fsp3) is 0.652. The zero-order valence-electron chi connectivity index (χ0n) is 15.1. The lowest BCUT2D eigenvalue weighted by Gasteiger charge is -2.55. The molecular weight excluding hydrogens is 292 g/mol. The Balaban J connectivity index is 1.73. The Morgan fingerprint density at radius 2 is 2.17 bits per heavy atom. The number of hydrogen-bond acceptors (Lipinski definition) is 1. The van der Waals surface area contributed by atoms with Crippen molar-refractivity contribution in [3.05, 3.63) is 35.5 Å². The van der Waals surface area contributed by atoms with Crippen molar-refractivity contribution in [2.45, 2.75) is 64.4 Å². The first-order chi connectivity index (χ1) is 11.5. The van der Waals surface area contributed by atoms with E-state index in [9.17, 15) is 5.11 Å². The van der Waals surface area contributed by atoms with Gasteiger partial charge in [-0.25, -0.2) is 0 Å². The van der Waals surface area contributed by atoms with E-state index >= 15 is 0 Å². The molecule has 1 nitrogen and oxygen atoms in total. The van der Waals surface area contributed by atoms with Crippen molar-refractivity contribution in [3.63, 3.8) is 0 Å². The van der Waals surface area contributed by atoms with Crippen LogP contribution in [0.5, 0.6) is 0 Å². The lowest BCUT2D eigenvalue weighted by atomic mass is 9.50. The molecule has 0 heterocycles.